The van der Waals surface area contributed by atoms with E-state index in [-0.39, 0.29) is 29.9 Å². The van der Waals surface area contributed by atoms with Gasteiger partial charge in [-0.1, -0.05) is 6.07 Å². The molecule has 1 saturated carbocycles. The SMILES string of the molecule is COC(=O)c1cc(Cn2c(=O)n([C@H]3CC[C@H](O)CC3)c3ccc(C#N)cc32)ccc1OC. The summed E-state index contributed by atoms with van der Waals surface area (Å²) < 4.78 is 13.5. The number of ether oxygens (including phenoxy) is 2. The highest BCUT2D eigenvalue weighted by molar-refractivity contribution is 5.92. The van der Waals surface area contributed by atoms with Gasteiger partial charge in [0.25, 0.3) is 0 Å². The topological polar surface area (TPSA) is 106 Å². The summed E-state index contributed by atoms with van der Waals surface area (Å²) in [6.45, 7) is 0.223. The molecule has 8 nitrogen and oxygen atoms in total. The molecule has 0 amide bonds. The van der Waals surface area contributed by atoms with Crippen LogP contribution in [0, 0.1) is 11.3 Å². The van der Waals surface area contributed by atoms with Crippen LogP contribution in [0.2, 0.25) is 0 Å². The molecular weight excluding hydrogens is 410 g/mol. The fourth-order valence-electron chi connectivity index (χ4n) is 4.48. The number of carbonyl (C=O) groups is 1. The fraction of sp³-hybridized carbons (Fsp3) is 0.375. The number of esters is 1. The van der Waals surface area contributed by atoms with E-state index >= 15 is 0 Å². The van der Waals surface area contributed by atoms with Crippen molar-refractivity contribution in [1.82, 2.24) is 9.13 Å². The van der Waals surface area contributed by atoms with E-state index in [0.29, 0.717) is 29.7 Å². The smallest absolute Gasteiger partial charge is 0.341 e. The number of fused-ring (bicyclic) bond motifs is 1. The van der Waals surface area contributed by atoms with Crippen LogP contribution in [0.1, 0.15) is 53.2 Å². The molecule has 0 unspecified atom stereocenters. The van der Waals surface area contributed by atoms with Crippen molar-refractivity contribution in [2.75, 3.05) is 14.2 Å². The minimum Gasteiger partial charge on any atom is -0.496 e. The van der Waals surface area contributed by atoms with Gasteiger partial charge in [-0.2, -0.15) is 5.26 Å². The number of methoxy groups -OCH3 is 2. The predicted molar refractivity (Wildman–Crippen MR) is 118 cm³/mol. The molecule has 1 aromatic heterocycles. The maximum Gasteiger partial charge on any atom is 0.341 e. The van der Waals surface area contributed by atoms with Crippen LogP contribution >= 0.6 is 0 Å². The van der Waals surface area contributed by atoms with Gasteiger partial charge in [-0.3, -0.25) is 9.13 Å². The minimum absolute atomic E-state index is 0.0101. The van der Waals surface area contributed by atoms with E-state index < -0.39 is 5.97 Å². The van der Waals surface area contributed by atoms with E-state index in [1.54, 1.807) is 39.5 Å². The molecule has 0 bridgehead atoms. The molecular formula is C24H25N3O5. The number of aliphatic hydroxyl groups is 1. The maximum atomic E-state index is 13.5. The molecule has 4 rings (SSSR count). The van der Waals surface area contributed by atoms with Gasteiger partial charge in [0, 0.05) is 6.04 Å². The van der Waals surface area contributed by atoms with Gasteiger partial charge in [-0.15, -0.1) is 0 Å². The number of carbonyl (C=O) groups excluding carboxylic acids is 1. The monoisotopic (exact) mass is 435 g/mol. The van der Waals surface area contributed by atoms with Gasteiger partial charge in [0.1, 0.15) is 11.3 Å². The zero-order chi connectivity index (χ0) is 22.8. The molecule has 0 saturated heterocycles. The van der Waals surface area contributed by atoms with Gasteiger partial charge in [0.15, 0.2) is 0 Å². The predicted octanol–water partition coefficient (Wildman–Crippen LogP) is 2.99. The van der Waals surface area contributed by atoms with Crippen LogP contribution in [0.4, 0.5) is 0 Å². The number of aliphatic hydroxyl groups excluding tert-OH is 1. The summed E-state index contributed by atoms with van der Waals surface area (Å²) in [6.07, 6.45) is 2.42. The van der Waals surface area contributed by atoms with Crippen molar-refractivity contribution in [1.29, 1.82) is 5.26 Å². The Morgan fingerprint density at radius 1 is 1.12 bits per heavy atom. The second-order valence-electron chi connectivity index (χ2n) is 8.04. The Morgan fingerprint density at radius 3 is 2.53 bits per heavy atom. The average molecular weight is 435 g/mol. The first-order valence-corrected chi connectivity index (χ1v) is 10.5. The van der Waals surface area contributed by atoms with Gasteiger partial charge in [-0.25, -0.2) is 9.59 Å². The number of hydrogen-bond donors (Lipinski definition) is 1. The lowest BCUT2D eigenvalue weighted by Crippen LogP contribution is -2.31. The number of imidazole rings is 1. The Bertz CT molecular complexity index is 1260. The normalized spacial score (nSPS) is 18.3. The maximum absolute atomic E-state index is 13.5. The number of hydrogen-bond acceptors (Lipinski definition) is 6. The Balaban J connectivity index is 1.82. The first-order valence-electron chi connectivity index (χ1n) is 10.5. The van der Waals surface area contributed by atoms with Crippen LogP contribution in [0.15, 0.2) is 41.2 Å². The van der Waals surface area contributed by atoms with E-state index in [9.17, 15) is 20.0 Å². The van der Waals surface area contributed by atoms with Gasteiger partial charge in [-0.05, 0) is 61.6 Å². The van der Waals surface area contributed by atoms with Gasteiger partial charge in [0.2, 0.25) is 0 Å². The fourth-order valence-corrected chi connectivity index (χ4v) is 4.48. The quantitative estimate of drug-likeness (QED) is 0.618. The van der Waals surface area contributed by atoms with Crippen LogP contribution in [0.25, 0.3) is 11.0 Å². The number of nitriles is 1. The van der Waals surface area contributed by atoms with E-state index in [2.05, 4.69) is 6.07 Å². The molecule has 1 aliphatic carbocycles. The highest BCUT2D eigenvalue weighted by Crippen LogP contribution is 2.31. The van der Waals surface area contributed by atoms with Crippen molar-refractivity contribution < 1.29 is 19.4 Å². The molecule has 0 aliphatic heterocycles. The molecule has 32 heavy (non-hydrogen) atoms. The Hall–Kier alpha value is -3.57. The molecule has 1 aliphatic rings. The third-order valence-corrected chi connectivity index (χ3v) is 6.13. The van der Waals surface area contributed by atoms with Crippen molar-refractivity contribution in [3.8, 4) is 11.8 Å². The Kier molecular flexibility index (Phi) is 6.01. The van der Waals surface area contributed by atoms with Crippen molar-refractivity contribution in [3.05, 3.63) is 63.6 Å². The molecule has 2 aromatic carbocycles. The lowest BCUT2D eigenvalue weighted by Gasteiger charge is -2.26. The summed E-state index contributed by atoms with van der Waals surface area (Å²) in [5.74, 6) is -0.131. The molecule has 3 aromatic rings. The van der Waals surface area contributed by atoms with Gasteiger partial charge >= 0.3 is 11.7 Å². The van der Waals surface area contributed by atoms with Crippen LogP contribution in [-0.2, 0) is 11.3 Å². The molecule has 1 N–H and O–H groups in total. The Labute approximate surface area is 185 Å². The molecule has 1 heterocycles. The number of rotatable bonds is 5. The number of nitrogens with zero attached hydrogens (tertiary/aromatic N) is 3. The number of benzene rings is 2. The zero-order valence-electron chi connectivity index (χ0n) is 18.1. The standard InChI is InChI=1S/C24H25N3O5/c1-31-22-10-4-16(11-19(22)23(29)32-2)14-26-21-12-15(13-25)3-9-20(21)27(24(26)30)17-5-7-18(28)8-6-17/h3-4,9-12,17-18,28H,5-8,14H2,1-2H3/t17-,18-. The molecule has 166 valence electrons. The second-order valence-corrected chi connectivity index (χ2v) is 8.04. The van der Waals surface area contributed by atoms with E-state index in [4.69, 9.17) is 9.47 Å². The minimum atomic E-state index is -0.522. The summed E-state index contributed by atoms with van der Waals surface area (Å²) in [7, 11) is 2.78. The highest BCUT2D eigenvalue weighted by Gasteiger charge is 2.26. The van der Waals surface area contributed by atoms with Crippen LogP contribution in [0.3, 0.4) is 0 Å². The average Bonchev–Trinajstić information content (AvgIpc) is 3.09. The summed E-state index contributed by atoms with van der Waals surface area (Å²) in [6, 6.07) is 12.5. The number of aromatic nitrogens is 2. The van der Waals surface area contributed by atoms with Crippen molar-refractivity contribution in [3.63, 3.8) is 0 Å². The summed E-state index contributed by atoms with van der Waals surface area (Å²) in [5.41, 5.74) is 2.73. The van der Waals surface area contributed by atoms with Crippen molar-refractivity contribution in [2.45, 2.75) is 44.4 Å². The van der Waals surface area contributed by atoms with Gasteiger partial charge in [0.05, 0.1) is 49.5 Å². The van der Waals surface area contributed by atoms with Gasteiger partial charge < -0.3 is 14.6 Å². The molecule has 1 fully saturated rings. The Morgan fingerprint density at radius 2 is 1.88 bits per heavy atom. The largest absolute Gasteiger partial charge is 0.496 e. The second kappa shape index (κ2) is 8.89. The zero-order valence-corrected chi connectivity index (χ0v) is 18.1. The third-order valence-electron chi connectivity index (χ3n) is 6.13. The highest BCUT2D eigenvalue weighted by atomic mass is 16.5. The van der Waals surface area contributed by atoms with E-state index in [1.807, 2.05) is 6.07 Å². The van der Waals surface area contributed by atoms with Crippen LogP contribution in [-0.4, -0.2) is 40.5 Å². The van der Waals surface area contributed by atoms with Crippen molar-refractivity contribution >= 4 is 17.0 Å². The molecule has 8 heteroatoms. The summed E-state index contributed by atoms with van der Waals surface area (Å²) in [4.78, 5) is 25.7. The first-order chi connectivity index (χ1) is 15.5. The van der Waals surface area contributed by atoms with E-state index in [1.165, 1.54) is 14.2 Å². The molecule has 0 spiro atoms. The molecule has 0 atom stereocenters. The van der Waals surface area contributed by atoms with Crippen LogP contribution in [0.5, 0.6) is 5.75 Å². The lowest BCUT2D eigenvalue weighted by molar-refractivity contribution is 0.0597. The first kappa shape index (κ1) is 21.7. The molecule has 0 radical (unpaired) electrons. The summed E-state index contributed by atoms with van der Waals surface area (Å²) in [5, 5.41) is 19.3. The van der Waals surface area contributed by atoms with E-state index in [0.717, 1.165) is 23.9 Å². The lowest BCUT2D eigenvalue weighted by atomic mass is 9.93. The van der Waals surface area contributed by atoms with Crippen LogP contribution < -0.4 is 10.4 Å². The van der Waals surface area contributed by atoms with Crippen molar-refractivity contribution in [2.24, 2.45) is 0 Å². The third kappa shape index (κ3) is 3.87. The summed E-state index contributed by atoms with van der Waals surface area (Å²) >= 11 is 0.